The molecular weight excluding hydrogens is 296 g/mol. The minimum Gasteiger partial charge on any atom is -0.496 e. The molecule has 0 atom stereocenters. The molecule has 0 heterocycles. The highest BCUT2D eigenvalue weighted by Gasteiger charge is 2.15. The standard InChI is InChI=1S/C18H16O5/c1-22-16-6-4-3-5-14(16)15(17(19)20)11-12-7-9-13(10-8-12)18(21)23-2/h3-11H,1-2H3,(H,19,20)/b15-11-. The van der Waals surface area contributed by atoms with Gasteiger partial charge in [0.1, 0.15) is 5.75 Å². The van der Waals surface area contributed by atoms with Crippen molar-refractivity contribution in [2.45, 2.75) is 0 Å². The lowest BCUT2D eigenvalue weighted by atomic mass is 10.0. The van der Waals surface area contributed by atoms with Crippen LogP contribution in [0.1, 0.15) is 21.5 Å². The van der Waals surface area contributed by atoms with Gasteiger partial charge in [0.25, 0.3) is 0 Å². The van der Waals surface area contributed by atoms with E-state index in [1.54, 1.807) is 48.5 Å². The smallest absolute Gasteiger partial charge is 0.337 e. The summed E-state index contributed by atoms with van der Waals surface area (Å²) in [5, 5.41) is 9.49. The summed E-state index contributed by atoms with van der Waals surface area (Å²) in [6.07, 6.45) is 1.53. The Labute approximate surface area is 133 Å². The molecule has 0 unspecified atom stereocenters. The second-order valence-electron chi connectivity index (χ2n) is 4.68. The van der Waals surface area contributed by atoms with E-state index in [9.17, 15) is 14.7 Å². The fraction of sp³-hybridized carbons (Fsp3) is 0.111. The maximum Gasteiger partial charge on any atom is 0.337 e. The first kappa shape index (κ1) is 16.3. The van der Waals surface area contributed by atoms with E-state index in [-0.39, 0.29) is 5.57 Å². The van der Waals surface area contributed by atoms with Gasteiger partial charge in [-0.15, -0.1) is 0 Å². The third kappa shape index (κ3) is 3.77. The number of ether oxygens (including phenoxy) is 2. The number of carbonyl (C=O) groups excluding carboxylic acids is 1. The topological polar surface area (TPSA) is 72.8 Å². The van der Waals surface area contributed by atoms with E-state index in [1.807, 2.05) is 0 Å². The Morgan fingerprint density at radius 1 is 1.00 bits per heavy atom. The van der Waals surface area contributed by atoms with Crippen molar-refractivity contribution < 1.29 is 24.2 Å². The summed E-state index contributed by atoms with van der Waals surface area (Å²) < 4.78 is 9.84. The lowest BCUT2D eigenvalue weighted by Crippen LogP contribution is -2.02. The van der Waals surface area contributed by atoms with E-state index in [4.69, 9.17) is 4.74 Å². The van der Waals surface area contributed by atoms with Crippen LogP contribution in [-0.2, 0) is 9.53 Å². The summed E-state index contributed by atoms with van der Waals surface area (Å²) in [5.74, 6) is -1.03. The molecule has 0 aliphatic rings. The predicted octanol–water partition coefficient (Wildman–Crippen LogP) is 3.11. The number of hydrogen-bond acceptors (Lipinski definition) is 4. The van der Waals surface area contributed by atoms with Crippen LogP contribution in [0.3, 0.4) is 0 Å². The molecule has 2 aromatic carbocycles. The van der Waals surface area contributed by atoms with Crippen LogP contribution < -0.4 is 4.74 Å². The maximum atomic E-state index is 11.6. The molecule has 0 bridgehead atoms. The first-order valence-electron chi connectivity index (χ1n) is 6.83. The molecule has 0 fully saturated rings. The molecule has 0 aliphatic heterocycles. The Morgan fingerprint density at radius 3 is 2.22 bits per heavy atom. The van der Waals surface area contributed by atoms with Crippen LogP contribution in [0.2, 0.25) is 0 Å². The molecule has 0 spiro atoms. The number of para-hydroxylation sites is 1. The minimum absolute atomic E-state index is 0.105. The number of rotatable bonds is 5. The summed E-state index contributed by atoms with van der Waals surface area (Å²) in [6.45, 7) is 0. The normalized spacial score (nSPS) is 11.0. The van der Waals surface area contributed by atoms with Crippen LogP contribution in [0.25, 0.3) is 11.6 Å². The number of benzene rings is 2. The van der Waals surface area contributed by atoms with Gasteiger partial charge in [-0.1, -0.05) is 30.3 Å². The zero-order chi connectivity index (χ0) is 16.8. The summed E-state index contributed by atoms with van der Waals surface area (Å²) in [4.78, 5) is 23.0. The lowest BCUT2D eigenvalue weighted by Gasteiger charge is -2.09. The zero-order valence-electron chi connectivity index (χ0n) is 12.8. The summed E-state index contributed by atoms with van der Waals surface area (Å²) in [5.41, 5.74) is 1.65. The number of aliphatic carboxylic acids is 1. The molecule has 5 nitrogen and oxygen atoms in total. The lowest BCUT2D eigenvalue weighted by molar-refractivity contribution is -0.130. The number of methoxy groups -OCH3 is 2. The van der Waals surface area contributed by atoms with Crippen molar-refractivity contribution in [1.82, 2.24) is 0 Å². The van der Waals surface area contributed by atoms with Crippen LogP contribution in [0.4, 0.5) is 0 Å². The number of carbonyl (C=O) groups is 2. The Kier molecular flexibility index (Phi) is 5.15. The number of carboxylic acids is 1. The minimum atomic E-state index is -1.06. The summed E-state index contributed by atoms with van der Waals surface area (Å²) in [7, 11) is 2.80. The number of hydrogen-bond donors (Lipinski definition) is 1. The monoisotopic (exact) mass is 312 g/mol. The van der Waals surface area contributed by atoms with Crippen molar-refractivity contribution >= 4 is 23.6 Å². The molecule has 5 heteroatoms. The Morgan fingerprint density at radius 2 is 1.65 bits per heavy atom. The van der Waals surface area contributed by atoms with E-state index in [0.717, 1.165) is 0 Å². The molecule has 0 aliphatic carbocycles. The molecule has 2 rings (SSSR count). The molecular formula is C18H16O5. The highest BCUT2D eigenvalue weighted by atomic mass is 16.5. The van der Waals surface area contributed by atoms with Crippen LogP contribution in [0, 0.1) is 0 Å². The van der Waals surface area contributed by atoms with Crippen molar-refractivity contribution in [3.05, 3.63) is 65.2 Å². The number of carboxylic acid groups (broad SMARTS) is 1. The van der Waals surface area contributed by atoms with E-state index in [1.165, 1.54) is 20.3 Å². The SMILES string of the molecule is COC(=O)c1ccc(/C=C(\C(=O)O)c2ccccc2OC)cc1. The van der Waals surface area contributed by atoms with Crippen molar-refractivity contribution in [2.24, 2.45) is 0 Å². The van der Waals surface area contributed by atoms with Crippen molar-refractivity contribution in [2.75, 3.05) is 14.2 Å². The van der Waals surface area contributed by atoms with Gasteiger partial charge in [-0.3, -0.25) is 0 Å². The largest absolute Gasteiger partial charge is 0.496 e. The van der Waals surface area contributed by atoms with Gasteiger partial charge in [0.2, 0.25) is 0 Å². The highest BCUT2D eigenvalue weighted by molar-refractivity contribution is 6.21. The van der Waals surface area contributed by atoms with Crippen molar-refractivity contribution in [3.63, 3.8) is 0 Å². The predicted molar refractivity (Wildman–Crippen MR) is 86.3 cm³/mol. The Balaban J connectivity index is 2.43. The average molecular weight is 312 g/mol. The van der Waals surface area contributed by atoms with E-state index in [0.29, 0.717) is 22.4 Å². The van der Waals surface area contributed by atoms with Gasteiger partial charge in [-0.2, -0.15) is 0 Å². The van der Waals surface area contributed by atoms with E-state index >= 15 is 0 Å². The highest BCUT2D eigenvalue weighted by Crippen LogP contribution is 2.27. The van der Waals surface area contributed by atoms with Crippen molar-refractivity contribution in [3.8, 4) is 5.75 Å². The Bertz CT molecular complexity index is 744. The van der Waals surface area contributed by atoms with E-state index < -0.39 is 11.9 Å². The molecule has 0 saturated carbocycles. The van der Waals surface area contributed by atoms with Gasteiger partial charge >= 0.3 is 11.9 Å². The average Bonchev–Trinajstić information content (AvgIpc) is 2.59. The third-order valence-electron chi connectivity index (χ3n) is 3.27. The fourth-order valence-corrected chi connectivity index (χ4v) is 2.12. The van der Waals surface area contributed by atoms with Gasteiger partial charge in [-0.05, 0) is 29.8 Å². The maximum absolute atomic E-state index is 11.6. The Hall–Kier alpha value is -3.08. The van der Waals surface area contributed by atoms with Gasteiger partial charge in [0, 0.05) is 5.56 Å². The molecule has 0 aromatic heterocycles. The first-order valence-corrected chi connectivity index (χ1v) is 6.83. The summed E-state index contributed by atoms with van der Waals surface area (Å²) >= 11 is 0. The van der Waals surface area contributed by atoms with Gasteiger partial charge in [0.15, 0.2) is 0 Å². The second kappa shape index (κ2) is 7.26. The van der Waals surface area contributed by atoms with Crippen LogP contribution >= 0.6 is 0 Å². The zero-order valence-corrected chi connectivity index (χ0v) is 12.8. The molecule has 0 saturated heterocycles. The molecule has 23 heavy (non-hydrogen) atoms. The molecule has 2 aromatic rings. The second-order valence-corrected chi connectivity index (χ2v) is 4.68. The number of esters is 1. The van der Waals surface area contributed by atoms with Gasteiger partial charge in [0.05, 0.1) is 25.4 Å². The molecule has 0 radical (unpaired) electrons. The molecule has 0 amide bonds. The van der Waals surface area contributed by atoms with Crippen LogP contribution in [0.5, 0.6) is 5.75 Å². The van der Waals surface area contributed by atoms with Crippen LogP contribution in [-0.4, -0.2) is 31.3 Å². The molecule has 1 N–H and O–H groups in total. The van der Waals surface area contributed by atoms with Gasteiger partial charge in [-0.25, -0.2) is 9.59 Å². The van der Waals surface area contributed by atoms with E-state index in [2.05, 4.69) is 4.74 Å². The van der Waals surface area contributed by atoms with Crippen molar-refractivity contribution in [1.29, 1.82) is 0 Å². The third-order valence-corrected chi connectivity index (χ3v) is 3.27. The van der Waals surface area contributed by atoms with Crippen LogP contribution in [0.15, 0.2) is 48.5 Å². The fourth-order valence-electron chi connectivity index (χ4n) is 2.12. The molecule has 118 valence electrons. The van der Waals surface area contributed by atoms with Gasteiger partial charge < -0.3 is 14.6 Å². The first-order chi connectivity index (χ1) is 11.1. The quantitative estimate of drug-likeness (QED) is 0.522. The summed E-state index contributed by atoms with van der Waals surface area (Å²) in [6, 6.07) is 13.4.